The minimum absolute atomic E-state index is 0.0560. The molecule has 0 amide bonds. The summed E-state index contributed by atoms with van der Waals surface area (Å²) in [6, 6.07) is 2.37. The first-order valence-corrected chi connectivity index (χ1v) is 13.5. The van der Waals surface area contributed by atoms with Crippen molar-refractivity contribution < 1.29 is 0 Å². The van der Waals surface area contributed by atoms with Crippen molar-refractivity contribution in [1.29, 1.82) is 0 Å². The van der Waals surface area contributed by atoms with Gasteiger partial charge in [-0.15, -0.1) is 0 Å². The van der Waals surface area contributed by atoms with Gasteiger partial charge in [-0.05, 0) is 63.0 Å². The average molecular weight is 481 g/mol. The van der Waals surface area contributed by atoms with Crippen LogP contribution in [-0.4, -0.2) is 0 Å². The topological polar surface area (TPSA) is 68.3 Å². The zero-order chi connectivity index (χ0) is 26.1. The molecule has 2 aliphatic carbocycles. The van der Waals surface area contributed by atoms with Crippen LogP contribution in [0.1, 0.15) is 104 Å². The first kappa shape index (κ1) is 28.9. The Kier molecular flexibility index (Phi) is 11.3. The van der Waals surface area contributed by atoms with E-state index in [0.717, 1.165) is 30.7 Å². The summed E-state index contributed by atoms with van der Waals surface area (Å²) in [6.07, 6.45) is 13.5. The fourth-order valence-electron chi connectivity index (χ4n) is 4.97. The van der Waals surface area contributed by atoms with Crippen LogP contribution in [0.3, 0.4) is 0 Å². The van der Waals surface area contributed by atoms with Crippen LogP contribution in [0.2, 0.25) is 0 Å². The van der Waals surface area contributed by atoms with E-state index >= 15 is 0 Å². The van der Waals surface area contributed by atoms with Gasteiger partial charge in [0, 0.05) is 16.3 Å². The lowest BCUT2D eigenvalue weighted by atomic mass is 9.91. The van der Waals surface area contributed by atoms with Crippen LogP contribution < -0.4 is 21.7 Å². The van der Waals surface area contributed by atoms with Gasteiger partial charge in [0.05, 0.1) is 5.22 Å². The molecular weight excluding hydrogens is 436 g/mol. The number of hydrogen-bond donors (Lipinski definition) is 0. The van der Waals surface area contributed by atoms with Gasteiger partial charge in [0.1, 0.15) is 0 Å². The maximum Gasteiger partial charge on any atom is 0.237 e. The molecule has 0 N–H and O–H groups in total. The minimum Gasteiger partial charge on any atom is -0.289 e. The van der Waals surface area contributed by atoms with Crippen molar-refractivity contribution >= 4 is 0 Å². The van der Waals surface area contributed by atoms with Crippen molar-refractivity contribution in [2.75, 3.05) is 0 Å². The Labute approximate surface area is 209 Å². The molecule has 0 heterocycles. The molecule has 0 spiro atoms. The highest BCUT2D eigenvalue weighted by molar-refractivity contribution is 5.32. The van der Waals surface area contributed by atoms with Gasteiger partial charge in [-0.1, -0.05) is 84.3 Å². The molecule has 4 heteroatoms. The highest BCUT2D eigenvalue weighted by Crippen LogP contribution is 2.22. The summed E-state index contributed by atoms with van der Waals surface area (Å²) in [5.41, 5.74) is -0.535. The fourth-order valence-corrected chi connectivity index (χ4v) is 4.97. The smallest absolute Gasteiger partial charge is 0.237 e. The molecule has 35 heavy (non-hydrogen) atoms. The molecule has 0 radical (unpaired) electrons. The summed E-state index contributed by atoms with van der Waals surface area (Å²) in [5, 5.41) is -0.197. The van der Waals surface area contributed by atoms with Crippen molar-refractivity contribution in [3.05, 3.63) is 86.2 Å². The Bertz CT molecular complexity index is 1260. The lowest BCUT2D eigenvalue weighted by molar-refractivity contribution is 0.389. The molecule has 0 bridgehead atoms. The van der Waals surface area contributed by atoms with E-state index in [1.807, 2.05) is 6.08 Å². The van der Waals surface area contributed by atoms with E-state index in [1.165, 1.54) is 56.6 Å². The molecule has 0 aliphatic heterocycles. The standard InChI is InChI=1S/C31H44O4/c1-20(2)10-7-11-21(3)12-8-13-22(4)14-9-15-23(5)16-17-25-24(6)29(33)26-18-19-27(32)31(35)28(26)30(25)34/h16,18-22H,7-15,17H2,1-6H3/b23-16+. The molecule has 0 fully saturated rings. The molecule has 0 aromatic carbocycles. The third-order valence-electron chi connectivity index (χ3n) is 7.46. The van der Waals surface area contributed by atoms with Crippen LogP contribution in [0.25, 0.3) is 0 Å². The van der Waals surface area contributed by atoms with Gasteiger partial charge < -0.3 is 0 Å². The van der Waals surface area contributed by atoms with Gasteiger partial charge >= 0.3 is 0 Å². The number of rotatable bonds is 14. The molecule has 0 saturated heterocycles. The molecule has 4 nitrogen and oxygen atoms in total. The quantitative estimate of drug-likeness (QED) is 0.247. The molecule has 2 unspecified atom stereocenters. The minimum atomic E-state index is -0.870. The molecule has 0 aromatic rings. The second kappa shape index (κ2) is 13.7. The SMILES string of the molecule is C/C(=C\Cc1c(C)c(=O)c2ccc(=O)c(=O)c=2c1=O)CCCC(C)CCCC(C)CCCC(C)C. The van der Waals surface area contributed by atoms with E-state index in [1.54, 1.807) is 6.92 Å². The van der Waals surface area contributed by atoms with E-state index in [2.05, 4.69) is 34.6 Å². The lowest BCUT2D eigenvalue weighted by Gasteiger charge is -2.15. The van der Waals surface area contributed by atoms with Crippen LogP contribution in [0, 0.1) is 35.1 Å². The highest BCUT2D eigenvalue weighted by Gasteiger charge is 2.14. The van der Waals surface area contributed by atoms with Crippen molar-refractivity contribution in [3.8, 4) is 0 Å². The second-order valence-electron chi connectivity index (χ2n) is 11.2. The Morgan fingerprint density at radius 3 is 1.94 bits per heavy atom. The summed E-state index contributed by atoms with van der Waals surface area (Å²) < 4.78 is 0. The maximum absolute atomic E-state index is 12.9. The summed E-state index contributed by atoms with van der Waals surface area (Å²) in [6.45, 7) is 13.0. The van der Waals surface area contributed by atoms with Gasteiger partial charge in [-0.3, -0.25) is 19.2 Å². The second-order valence-corrected chi connectivity index (χ2v) is 11.2. The fraction of sp³-hybridized carbons (Fsp3) is 0.613. The predicted molar refractivity (Wildman–Crippen MR) is 146 cm³/mol. The Morgan fingerprint density at radius 2 is 1.34 bits per heavy atom. The van der Waals surface area contributed by atoms with Crippen LogP contribution in [0.15, 0.2) is 43.0 Å². The van der Waals surface area contributed by atoms with Gasteiger partial charge in [0.2, 0.25) is 10.9 Å². The van der Waals surface area contributed by atoms with E-state index in [9.17, 15) is 19.2 Å². The number of allylic oxidation sites excluding steroid dienone is 2. The predicted octanol–water partition coefficient (Wildman–Crippen LogP) is 5.96. The van der Waals surface area contributed by atoms with Gasteiger partial charge in [-0.2, -0.15) is 0 Å². The first-order valence-electron chi connectivity index (χ1n) is 13.5. The third kappa shape index (κ3) is 8.37. The zero-order valence-corrected chi connectivity index (χ0v) is 22.7. The largest absolute Gasteiger partial charge is 0.289 e. The molecule has 2 rings (SSSR count). The molecule has 192 valence electrons. The molecule has 2 aliphatic rings. The summed E-state index contributed by atoms with van der Waals surface area (Å²) >= 11 is 0. The van der Waals surface area contributed by atoms with Crippen LogP contribution in [0.4, 0.5) is 0 Å². The molecule has 0 saturated carbocycles. The highest BCUT2D eigenvalue weighted by atomic mass is 16.2. The molecule has 2 atom stereocenters. The molecular formula is C31H44O4. The van der Waals surface area contributed by atoms with Crippen molar-refractivity contribution in [2.24, 2.45) is 17.8 Å². The Morgan fingerprint density at radius 1 is 0.771 bits per heavy atom. The van der Waals surface area contributed by atoms with Crippen molar-refractivity contribution in [3.63, 3.8) is 0 Å². The third-order valence-corrected chi connectivity index (χ3v) is 7.46. The summed E-state index contributed by atoms with van der Waals surface area (Å²) in [7, 11) is 0. The van der Waals surface area contributed by atoms with Crippen LogP contribution in [-0.2, 0) is 6.42 Å². The normalized spacial score (nSPS) is 14.1. The summed E-state index contributed by atoms with van der Waals surface area (Å²) in [4.78, 5) is 49.5. The van der Waals surface area contributed by atoms with Crippen LogP contribution >= 0.6 is 0 Å². The summed E-state index contributed by atoms with van der Waals surface area (Å²) in [5.74, 6) is 2.34. The first-order chi connectivity index (χ1) is 16.5. The molecule has 0 aromatic heterocycles. The van der Waals surface area contributed by atoms with Crippen molar-refractivity contribution in [2.45, 2.75) is 106 Å². The van der Waals surface area contributed by atoms with Crippen LogP contribution in [0.5, 0.6) is 0 Å². The monoisotopic (exact) mass is 480 g/mol. The number of hydrogen-bond acceptors (Lipinski definition) is 4. The zero-order valence-electron chi connectivity index (χ0n) is 22.7. The van der Waals surface area contributed by atoms with Gasteiger partial charge in [0.15, 0.2) is 10.9 Å². The van der Waals surface area contributed by atoms with Gasteiger partial charge in [0.25, 0.3) is 0 Å². The van der Waals surface area contributed by atoms with E-state index in [0.29, 0.717) is 23.5 Å². The van der Waals surface area contributed by atoms with E-state index in [-0.39, 0.29) is 15.9 Å². The van der Waals surface area contributed by atoms with Gasteiger partial charge in [-0.25, -0.2) is 0 Å². The maximum atomic E-state index is 12.9. The van der Waals surface area contributed by atoms with E-state index in [4.69, 9.17) is 0 Å². The van der Waals surface area contributed by atoms with E-state index < -0.39 is 16.3 Å². The van der Waals surface area contributed by atoms with Crippen molar-refractivity contribution in [1.82, 2.24) is 0 Å². The average Bonchev–Trinajstić information content (AvgIpc) is 2.79. The Balaban J connectivity index is 1.86. The Hall–Kier alpha value is -2.36. The lowest BCUT2D eigenvalue weighted by Crippen LogP contribution is -2.33.